The van der Waals surface area contributed by atoms with Crippen LogP contribution in [0.1, 0.15) is 18.4 Å². The topological polar surface area (TPSA) is 107 Å². The van der Waals surface area contributed by atoms with Crippen LogP contribution in [0.3, 0.4) is 0 Å². The van der Waals surface area contributed by atoms with Crippen LogP contribution >= 0.6 is 0 Å². The van der Waals surface area contributed by atoms with E-state index in [1.165, 1.54) is 0 Å². The molecule has 2 atom stereocenters. The van der Waals surface area contributed by atoms with Gasteiger partial charge in [-0.05, 0) is 54.3 Å². The number of rotatable bonds is 9. The highest BCUT2D eigenvalue weighted by molar-refractivity contribution is 5.89. The van der Waals surface area contributed by atoms with Crippen LogP contribution in [0.25, 0.3) is 10.8 Å². The average Bonchev–Trinajstić information content (AvgIpc) is 2.77. The number of hydrogen-bond donors (Lipinski definition) is 3. The number of fused-ring (bicyclic) bond motifs is 1. The molecule has 6 heteroatoms. The van der Waals surface area contributed by atoms with Crippen LogP contribution in [0, 0.1) is 0 Å². The van der Waals surface area contributed by atoms with Crippen molar-refractivity contribution in [2.24, 2.45) is 11.5 Å². The van der Waals surface area contributed by atoms with E-state index in [1.807, 2.05) is 60.7 Å². The zero-order valence-electron chi connectivity index (χ0n) is 16.8. The number of ether oxygens (including phenoxy) is 1. The zero-order chi connectivity index (χ0) is 21.3. The molecule has 156 valence electrons. The highest BCUT2D eigenvalue weighted by Crippen LogP contribution is 2.21. The summed E-state index contributed by atoms with van der Waals surface area (Å²) in [6.45, 7) is 0.408. The summed E-state index contributed by atoms with van der Waals surface area (Å²) in [5.74, 6) is -0.491. The maximum Gasteiger partial charge on any atom is 0.334 e. The summed E-state index contributed by atoms with van der Waals surface area (Å²) in [4.78, 5) is 25.3. The van der Waals surface area contributed by atoms with Gasteiger partial charge in [0.05, 0.1) is 6.04 Å². The fourth-order valence-corrected chi connectivity index (χ4v) is 3.23. The minimum absolute atomic E-state index is 0.382. The largest absolute Gasteiger partial charge is 0.425 e. The zero-order valence-corrected chi connectivity index (χ0v) is 16.8. The molecule has 0 fully saturated rings. The summed E-state index contributed by atoms with van der Waals surface area (Å²) in [5.41, 5.74) is 12.6. The van der Waals surface area contributed by atoms with Crippen molar-refractivity contribution in [2.45, 2.75) is 31.3 Å². The molecule has 0 aromatic heterocycles. The van der Waals surface area contributed by atoms with Gasteiger partial charge in [-0.15, -0.1) is 0 Å². The van der Waals surface area contributed by atoms with Crippen LogP contribution < -0.4 is 21.5 Å². The molecule has 0 saturated heterocycles. The van der Waals surface area contributed by atoms with Crippen LogP contribution in [-0.4, -0.2) is 30.5 Å². The predicted molar refractivity (Wildman–Crippen MR) is 118 cm³/mol. The van der Waals surface area contributed by atoms with Crippen LogP contribution in [-0.2, 0) is 16.0 Å². The second-order valence-electron chi connectivity index (χ2n) is 7.22. The fraction of sp³-hybridized carbons (Fsp3) is 0.250. The predicted octanol–water partition coefficient (Wildman–Crippen LogP) is 2.54. The van der Waals surface area contributed by atoms with E-state index in [-0.39, 0.29) is 0 Å². The third-order valence-corrected chi connectivity index (χ3v) is 4.87. The molecule has 0 aliphatic carbocycles. The van der Waals surface area contributed by atoms with Crippen molar-refractivity contribution in [1.29, 1.82) is 0 Å². The van der Waals surface area contributed by atoms with E-state index in [9.17, 15) is 9.59 Å². The molecule has 0 aliphatic rings. The third kappa shape index (κ3) is 5.89. The molecule has 5 N–H and O–H groups in total. The van der Waals surface area contributed by atoms with Crippen LogP contribution in [0.2, 0.25) is 0 Å². The van der Waals surface area contributed by atoms with Crippen LogP contribution in [0.4, 0.5) is 0 Å². The van der Waals surface area contributed by atoms with Gasteiger partial charge in [0.15, 0.2) is 0 Å². The Bertz CT molecular complexity index is 991. The molecule has 3 aromatic rings. The molecular weight excluding hydrogens is 378 g/mol. The van der Waals surface area contributed by atoms with E-state index < -0.39 is 24.0 Å². The number of hydrogen-bond acceptors (Lipinski definition) is 5. The lowest BCUT2D eigenvalue weighted by Crippen LogP contribution is -2.50. The second kappa shape index (κ2) is 10.5. The summed E-state index contributed by atoms with van der Waals surface area (Å²) in [5, 5.41) is 4.76. The molecule has 0 saturated carbocycles. The lowest BCUT2D eigenvalue weighted by atomic mass is 10.0. The standard InChI is InChI=1S/C24H27N3O3/c25-14-6-11-22(27-23(28)21(26)15-17-7-2-1-3-8-17)24(29)30-20-13-12-18-9-4-5-10-19(18)16-20/h1-5,7-10,12-13,16,21-22H,6,11,14-15,25-26H2,(H,27,28)/t21-,22-/m0/s1. The summed E-state index contributed by atoms with van der Waals surface area (Å²) in [6.07, 6.45) is 1.34. The highest BCUT2D eigenvalue weighted by atomic mass is 16.5. The quantitative estimate of drug-likeness (QED) is 0.375. The van der Waals surface area contributed by atoms with Crippen LogP contribution in [0.15, 0.2) is 72.8 Å². The lowest BCUT2D eigenvalue weighted by Gasteiger charge is -2.20. The molecule has 3 aromatic carbocycles. The van der Waals surface area contributed by atoms with E-state index in [0.717, 1.165) is 16.3 Å². The molecule has 3 rings (SSSR count). The average molecular weight is 405 g/mol. The monoisotopic (exact) mass is 405 g/mol. The molecule has 6 nitrogen and oxygen atoms in total. The Labute approximate surface area is 176 Å². The molecule has 0 unspecified atom stereocenters. The van der Waals surface area contributed by atoms with Gasteiger partial charge in [-0.25, -0.2) is 4.79 Å². The summed E-state index contributed by atoms with van der Waals surface area (Å²) < 4.78 is 5.55. The third-order valence-electron chi connectivity index (χ3n) is 4.87. The first kappa shape index (κ1) is 21.5. The second-order valence-corrected chi connectivity index (χ2v) is 7.22. The van der Waals surface area contributed by atoms with Crippen molar-refractivity contribution in [1.82, 2.24) is 5.32 Å². The SMILES string of the molecule is NCCC[C@H](NC(=O)[C@@H](N)Cc1ccccc1)C(=O)Oc1ccc2ccccc2c1. The van der Waals surface area contributed by atoms with Gasteiger partial charge in [0.25, 0.3) is 0 Å². The van der Waals surface area contributed by atoms with Gasteiger partial charge in [-0.1, -0.05) is 60.7 Å². The van der Waals surface area contributed by atoms with E-state index in [2.05, 4.69) is 5.32 Å². The Morgan fingerprint density at radius 2 is 1.63 bits per heavy atom. The first-order chi connectivity index (χ1) is 14.6. The van der Waals surface area contributed by atoms with Gasteiger partial charge in [0, 0.05) is 0 Å². The molecular formula is C24H27N3O3. The molecule has 30 heavy (non-hydrogen) atoms. The van der Waals surface area contributed by atoms with Crippen molar-refractivity contribution < 1.29 is 14.3 Å². The van der Waals surface area contributed by atoms with Crippen LogP contribution in [0.5, 0.6) is 5.75 Å². The molecule has 1 amide bonds. The van der Waals surface area contributed by atoms with Gasteiger partial charge < -0.3 is 21.5 Å². The fourth-order valence-electron chi connectivity index (χ4n) is 3.23. The Kier molecular flexibility index (Phi) is 7.54. The Hall–Kier alpha value is -3.22. The van der Waals surface area contributed by atoms with Gasteiger partial charge in [-0.3, -0.25) is 4.79 Å². The molecule has 0 radical (unpaired) electrons. The number of amides is 1. The molecule has 0 heterocycles. The maximum absolute atomic E-state index is 12.8. The minimum Gasteiger partial charge on any atom is -0.425 e. The first-order valence-corrected chi connectivity index (χ1v) is 10.1. The number of nitrogens with two attached hydrogens (primary N) is 2. The highest BCUT2D eigenvalue weighted by Gasteiger charge is 2.25. The maximum atomic E-state index is 12.8. The van der Waals surface area contributed by atoms with Crippen molar-refractivity contribution in [3.05, 3.63) is 78.4 Å². The molecule has 0 spiro atoms. The smallest absolute Gasteiger partial charge is 0.334 e. The number of nitrogens with one attached hydrogen (secondary N) is 1. The number of esters is 1. The van der Waals surface area contributed by atoms with Crippen molar-refractivity contribution >= 4 is 22.6 Å². The number of benzene rings is 3. The Morgan fingerprint density at radius 3 is 2.37 bits per heavy atom. The van der Waals surface area contributed by atoms with Crippen molar-refractivity contribution in [3.63, 3.8) is 0 Å². The Balaban J connectivity index is 1.65. The number of carbonyl (C=O) groups is 2. The van der Waals surface area contributed by atoms with Crippen molar-refractivity contribution in [2.75, 3.05) is 6.54 Å². The van der Waals surface area contributed by atoms with Gasteiger partial charge in [-0.2, -0.15) is 0 Å². The van der Waals surface area contributed by atoms with Crippen molar-refractivity contribution in [3.8, 4) is 5.75 Å². The van der Waals surface area contributed by atoms with Gasteiger partial charge in [0.2, 0.25) is 5.91 Å². The van der Waals surface area contributed by atoms with Gasteiger partial charge >= 0.3 is 5.97 Å². The van der Waals surface area contributed by atoms with E-state index >= 15 is 0 Å². The molecule has 0 aliphatic heterocycles. The van der Waals surface area contributed by atoms with E-state index in [4.69, 9.17) is 16.2 Å². The summed E-state index contributed by atoms with van der Waals surface area (Å²) >= 11 is 0. The first-order valence-electron chi connectivity index (χ1n) is 10.1. The minimum atomic E-state index is -0.811. The summed E-state index contributed by atoms with van der Waals surface area (Å²) in [7, 11) is 0. The molecule has 0 bridgehead atoms. The summed E-state index contributed by atoms with van der Waals surface area (Å²) in [6, 6.07) is 21.2. The van der Waals surface area contributed by atoms with Gasteiger partial charge in [0.1, 0.15) is 11.8 Å². The normalized spacial score (nSPS) is 12.9. The van der Waals surface area contributed by atoms with E-state index in [0.29, 0.717) is 31.6 Å². The lowest BCUT2D eigenvalue weighted by molar-refractivity contribution is -0.139. The Morgan fingerprint density at radius 1 is 0.933 bits per heavy atom. The van der Waals surface area contributed by atoms with E-state index in [1.54, 1.807) is 12.1 Å². The number of carbonyl (C=O) groups excluding carboxylic acids is 2.